The first-order valence-corrected chi connectivity index (χ1v) is 4.18. The van der Waals surface area contributed by atoms with Crippen LogP contribution in [0.5, 0.6) is 5.75 Å². The van der Waals surface area contributed by atoms with E-state index >= 15 is 0 Å². The van der Waals surface area contributed by atoms with Gasteiger partial charge in [0.25, 0.3) is 0 Å². The molecule has 0 aliphatic heterocycles. The molecular weight excluding hydrogens is 176 g/mol. The average molecular weight is 184 g/mol. The van der Waals surface area contributed by atoms with E-state index in [2.05, 4.69) is 11.1 Å². The second kappa shape index (κ2) is 3.35. The lowest BCUT2D eigenvalue weighted by molar-refractivity contribution is 0.414. The standard InChI is InChI=1S/C11H8N2O/c1-14-10-5-4-8-3-2-6-13-11(8)9(10)7-12/h2-6H,1H3. The van der Waals surface area contributed by atoms with E-state index < -0.39 is 0 Å². The molecule has 0 bridgehead atoms. The van der Waals surface area contributed by atoms with Gasteiger partial charge in [0.05, 0.1) is 12.6 Å². The number of hydrogen-bond donors (Lipinski definition) is 0. The second-order valence-electron chi connectivity index (χ2n) is 2.83. The highest BCUT2D eigenvalue weighted by Crippen LogP contribution is 2.24. The Morgan fingerprint density at radius 2 is 2.21 bits per heavy atom. The van der Waals surface area contributed by atoms with E-state index in [-0.39, 0.29) is 0 Å². The van der Waals surface area contributed by atoms with Gasteiger partial charge in [-0.2, -0.15) is 5.26 Å². The third-order valence-electron chi connectivity index (χ3n) is 2.07. The third kappa shape index (κ3) is 1.17. The summed E-state index contributed by atoms with van der Waals surface area (Å²) in [4.78, 5) is 4.16. The zero-order valence-electron chi connectivity index (χ0n) is 7.69. The summed E-state index contributed by atoms with van der Waals surface area (Å²) in [5.74, 6) is 0.568. The van der Waals surface area contributed by atoms with Crippen molar-refractivity contribution in [2.45, 2.75) is 0 Å². The molecule has 3 heteroatoms. The first-order valence-electron chi connectivity index (χ1n) is 4.18. The molecule has 3 nitrogen and oxygen atoms in total. The summed E-state index contributed by atoms with van der Waals surface area (Å²) in [6, 6.07) is 9.54. The van der Waals surface area contributed by atoms with Gasteiger partial charge in [0, 0.05) is 11.6 Å². The number of methoxy groups -OCH3 is 1. The molecule has 0 N–H and O–H groups in total. The summed E-state index contributed by atoms with van der Waals surface area (Å²) in [6.07, 6.45) is 1.67. The highest BCUT2D eigenvalue weighted by atomic mass is 16.5. The molecule has 0 atom stereocenters. The third-order valence-corrected chi connectivity index (χ3v) is 2.07. The predicted octanol–water partition coefficient (Wildman–Crippen LogP) is 2.12. The number of fused-ring (bicyclic) bond motifs is 1. The highest BCUT2D eigenvalue weighted by Gasteiger charge is 2.07. The zero-order valence-corrected chi connectivity index (χ0v) is 7.69. The van der Waals surface area contributed by atoms with Crippen molar-refractivity contribution in [1.29, 1.82) is 5.26 Å². The Hall–Kier alpha value is -2.08. The zero-order chi connectivity index (χ0) is 9.97. The highest BCUT2D eigenvalue weighted by molar-refractivity contribution is 5.86. The molecule has 1 aromatic carbocycles. The maximum Gasteiger partial charge on any atom is 0.138 e. The number of aromatic nitrogens is 1. The topological polar surface area (TPSA) is 45.9 Å². The molecule has 0 aliphatic carbocycles. The first-order chi connectivity index (χ1) is 6.86. The number of nitrogens with zero attached hydrogens (tertiary/aromatic N) is 2. The number of benzene rings is 1. The molecule has 14 heavy (non-hydrogen) atoms. The van der Waals surface area contributed by atoms with Crippen LogP contribution in [0.2, 0.25) is 0 Å². The predicted molar refractivity (Wildman–Crippen MR) is 53.0 cm³/mol. The van der Waals surface area contributed by atoms with Crippen LogP contribution in [0, 0.1) is 11.3 Å². The first kappa shape index (κ1) is 8.52. The van der Waals surface area contributed by atoms with Gasteiger partial charge in [-0.05, 0) is 18.2 Å². The molecule has 0 unspecified atom stereocenters. The van der Waals surface area contributed by atoms with Crippen LogP contribution in [0.4, 0.5) is 0 Å². The Bertz CT molecular complexity index is 514. The lowest BCUT2D eigenvalue weighted by atomic mass is 10.1. The van der Waals surface area contributed by atoms with E-state index in [4.69, 9.17) is 10.00 Å². The minimum absolute atomic E-state index is 0.491. The Kier molecular flexibility index (Phi) is 2.04. The number of rotatable bonds is 1. The van der Waals surface area contributed by atoms with Gasteiger partial charge in [-0.15, -0.1) is 0 Å². The van der Waals surface area contributed by atoms with Crippen molar-refractivity contribution in [3.8, 4) is 11.8 Å². The van der Waals surface area contributed by atoms with Crippen LogP contribution < -0.4 is 4.74 Å². The molecule has 0 fully saturated rings. The molecule has 2 rings (SSSR count). The lowest BCUT2D eigenvalue weighted by Crippen LogP contribution is -1.90. The fourth-order valence-electron chi connectivity index (χ4n) is 1.40. The van der Waals surface area contributed by atoms with Crippen LogP contribution in [-0.4, -0.2) is 12.1 Å². The number of nitriles is 1. The van der Waals surface area contributed by atoms with Gasteiger partial charge < -0.3 is 4.74 Å². The van der Waals surface area contributed by atoms with Crippen molar-refractivity contribution in [3.63, 3.8) is 0 Å². The summed E-state index contributed by atoms with van der Waals surface area (Å²) in [7, 11) is 1.55. The van der Waals surface area contributed by atoms with Gasteiger partial charge in [0.1, 0.15) is 17.4 Å². The van der Waals surface area contributed by atoms with E-state index in [0.717, 1.165) is 5.39 Å². The van der Waals surface area contributed by atoms with Gasteiger partial charge in [0.2, 0.25) is 0 Å². The molecule has 2 aromatic rings. The Balaban J connectivity index is 2.85. The molecule has 0 saturated heterocycles. The minimum atomic E-state index is 0.491. The van der Waals surface area contributed by atoms with E-state index in [9.17, 15) is 0 Å². The summed E-state index contributed by atoms with van der Waals surface area (Å²) >= 11 is 0. The smallest absolute Gasteiger partial charge is 0.138 e. The van der Waals surface area contributed by atoms with E-state index in [1.54, 1.807) is 19.4 Å². The molecular formula is C11H8N2O. The molecule has 0 saturated carbocycles. The Morgan fingerprint density at radius 1 is 1.36 bits per heavy atom. The number of ether oxygens (including phenoxy) is 1. The van der Waals surface area contributed by atoms with Crippen molar-refractivity contribution in [2.75, 3.05) is 7.11 Å². The van der Waals surface area contributed by atoms with Crippen LogP contribution in [0.1, 0.15) is 5.56 Å². The molecule has 68 valence electrons. The molecule has 0 amide bonds. The van der Waals surface area contributed by atoms with Gasteiger partial charge >= 0.3 is 0 Å². The fourth-order valence-corrected chi connectivity index (χ4v) is 1.40. The van der Waals surface area contributed by atoms with Crippen molar-refractivity contribution in [2.24, 2.45) is 0 Å². The second-order valence-corrected chi connectivity index (χ2v) is 2.83. The lowest BCUT2D eigenvalue weighted by Gasteiger charge is -2.04. The van der Waals surface area contributed by atoms with E-state index in [1.165, 1.54) is 0 Å². The summed E-state index contributed by atoms with van der Waals surface area (Å²) in [5.41, 5.74) is 1.18. The van der Waals surface area contributed by atoms with Crippen molar-refractivity contribution < 1.29 is 4.74 Å². The van der Waals surface area contributed by atoms with Gasteiger partial charge in [-0.1, -0.05) is 6.07 Å². The SMILES string of the molecule is COc1ccc2cccnc2c1C#N. The van der Waals surface area contributed by atoms with Crippen molar-refractivity contribution in [3.05, 3.63) is 36.0 Å². The van der Waals surface area contributed by atoms with Crippen LogP contribution in [0.25, 0.3) is 10.9 Å². The van der Waals surface area contributed by atoms with Crippen LogP contribution in [0.15, 0.2) is 30.5 Å². The van der Waals surface area contributed by atoms with Gasteiger partial charge in [0.15, 0.2) is 0 Å². The number of hydrogen-bond acceptors (Lipinski definition) is 3. The van der Waals surface area contributed by atoms with E-state index in [1.807, 2.05) is 18.2 Å². The quantitative estimate of drug-likeness (QED) is 0.681. The molecule has 1 heterocycles. The van der Waals surface area contributed by atoms with Crippen LogP contribution >= 0.6 is 0 Å². The maximum atomic E-state index is 8.98. The number of pyridine rings is 1. The molecule has 0 spiro atoms. The largest absolute Gasteiger partial charge is 0.495 e. The normalized spacial score (nSPS) is 9.71. The maximum absolute atomic E-state index is 8.98. The Morgan fingerprint density at radius 3 is 2.93 bits per heavy atom. The molecule has 0 aliphatic rings. The summed E-state index contributed by atoms with van der Waals surface area (Å²) < 4.78 is 5.08. The fraction of sp³-hybridized carbons (Fsp3) is 0.0909. The minimum Gasteiger partial charge on any atom is -0.495 e. The van der Waals surface area contributed by atoms with Crippen molar-refractivity contribution in [1.82, 2.24) is 4.98 Å². The monoisotopic (exact) mass is 184 g/mol. The summed E-state index contributed by atoms with van der Waals surface area (Å²) in [6.45, 7) is 0. The van der Waals surface area contributed by atoms with Gasteiger partial charge in [-0.25, -0.2) is 0 Å². The molecule has 1 aromatic heterocycles. The van der Waals surface area contributed by atoms with Gasteiger partial charge in [-0.3, -0.25) is 4.98 Å². The Labute approximate surface area is 81.6 Å². The summed E-state index contributed by atoms with van der Waals surface area (Å²) in [5, 5.41) is 9.93. The average Bonchev–Trinajstić information content (AvgIpc) is 2.27. The van der Waals surface area contributed by atoms with Crippen LogP contribution in [-0.2, 0) is 0 Å². The van der Waals surface area contributed by atoms with Crippen molar-refractivity contribution >= 4 is 10.9 Å². The van der Waals surface area contributed by atoms with Crippen LogP contribution in [0.3, 0.4) is 0 Å². The molecule has 0 radical (unpaired) electrons. The van der Waals surface area contributed by atoms with E-state index in [0.29, 0.717) is 16.8 Å².